The summed E-state index contributed by atoms with van der Waals surface area (Å²) >= 11 is 0. The van der Waals surface area contributed by atoms with E-state index in [4.69, 9.17) is 9.47 Å². The molecule has 3 N–H and O–H groups in total. The van der Waals surface area contributed by atoms with Crippen LogP contribution in [0.15, 0.2) is 47.6 Å². The second-order valence-corrected chi connectivity index (χ2v) is 6.34. The summed E-state index contributed by atoms with van der Waals surface area (Å²) in [5.41, 5.74) is 4.07. The van der Waals surface area contributed by atoms with Gasteiger partial charge in [-0.25, -0.2) is 5.43 Å². The molecule has 0 unspecified atom stereocenters. The van der Waals surface area contributed by atoms with Crippen molar-refractivity contribution in [2.24, 2.45) is 5.10 Å². The normalized spacial score (nSPS) is 10.7. The molecule has 2 aromatic rings. The van der Waals surface area contributed by atoms with Gasteiger partial charge in [-0.15, -0.1) is 0 Å². The average Bonchev–Trinajstić information content (AvgIpc) is 2.72. The third-order valence-corrected chi connectivity index (χ3v) is 3.89. The van der Waals surface area contributed by atoms with Gasteiger partial charge in [-0.1, -0.05) is 12.1 Å². The lowest BCUT2D eigenvalue weighted by Crippen LogP contribution is -2.22. The molecule has 2 aromatic carbocycles. The molecular formula is C21H24N4O5. The number of methoxy groups -OCH3 is 2. The molecule has 0 fully saturated rings. The summed E-state index contributed by atoms with van der Waals surface area (Å²) in [4.78, 5) is 35.9. The van der Waals surface area contributed by atoms with E-state index in [2.05, 4.69) is 21.2 Å². The fourth-order valence-electron chi connectivity index (χ4n) is 2.51. The highest BCUT2D eigenvalue weighted by molar-refractivity contribution is 6.08. The SMILES string of the molecule is COc1cc(OC)cc(C(=O)N/N=C(/C)CC(=O)Nc2ccccc2NC(C)=O)c1. The van der Waals surface area contributed by atoms with E-state index in [-0.39, 0.29) is 18.2 Å². The van der Waals surface area contributed by atoms with Gasteiger partial charge in [-0.05, 0) is 31.2 Å². The zero-order chi connectivity index (χ0) is 22.1. The van der Waals surface area contributed by atoms with Crippen LogP contribution in [-0.4, -0.2) is 37.7 Å². The number of carbonyl (C=O) groups is 3. The number of ether oxygens (including phenoxy) is 2. The minimum Gasteiger partial charge on any atom is -0.497 e. The van der Waals surface area contributed by atoms with Gasteiger partial charge < -0.3 is 20.1 Å². The van der Waals surface area contributed by atoms with Crippen molar-refractivity contribution in [3.05, 3.63) is 48.0 Å². The Labute approximate surface area is 174 Å². The number of para-hydroxylation sites is 2. The van der Waals surface area contributed by atoms with Crippen LogP contribution in [0.4, 0.5) is 11.4 Å². The standard InChI is InChI=1S/C21H24N4O5/c1-13(9-20(27)23-19-8-6-5-7-18(19)22-14(2)26)24-25-21(28)15-10-16(29-3)12-17(11-15)30-4/h5-8,10-12H,9H2,1-4H3,(H,22,26)(H,23,27)(H,25,28)/b24-13-. The number of anilines is 2. The highest BCUT2D eigenvalue weighted by Gasteiger charge is 2.11. The number of hydrogen-bond acceptors (Lipinski definition) is 6. The van der Waals surface area contributed by atoms with Gasteiger partial charge in [0.15, 0.2) is 0 Å². The van der Waals surface area contributed by atoms with Crippen LogP contribution in [0.1, 0.15) is 30.6 Å². The highest BCUT2D eigenvalue weighted by atomic mass is 16.5. The van der Waals surface area contributed by atoms with Crippen molar-refractivity contribution in [3.63, 3.8) is 0 Å². The third kappa shape index (κ3) is 6.62. The number of carbonyl (C=O) groups excluding carboxylic acids is 3. The fourth-order valence-corrected chi connectivity index (χ4v) is 2.51. The van der Waals surface area contributed by atoms with Crippen LogP contribution in [0, 0.1) is 0 Å². The van der Waals surface area contributed by atoms with Crippen LogP contribution < -0.4 is 25.5 Å². The summed E-state index contributed by atoms with van der Waals surface area (Å²) in [6.45, 7) is 3.00. The molecule has 2 rings (SSSR count). The van der Waals surface area contributed by atoms with E-state index >= 15 is 0 Å². The average molecular weight is 412 g/mol. The quantitative estimate of drug-likeness (QED) is 0.455. The first kappa shape index (κ1) is 22.4. The maximum atomic E-state index is 12.3. The lowest BCUT2D eigenvalue weighted by molar-refractivity contribution is -0.115. The molecule has 9 nitrogen and oxygen atoms in total. The van der Waals surface area contributed by atoms with E-state index in [9.17, 15) is 14.4 Å². The predicted octanol–water partition coefficient (Wildman–Crippen LogP) is 2.80. The second kappa shape index (κ2) is 10.6. The van der Waals surface area contributed by atoms with Gasteiger partial charge in [-0.3, -0.25) is 14.4 Å². The Balaban J connectivity index is 1.99. The van der Waals surface area contributed by atoms with E-state index in [1.807, 2.05) is 0 Å². The van der Waals surface area contributed by atoms with Crippen molar-refractivity contribution in [3.8, 4) is 11.5 Å². The molecule has 0 bridgehead atoms. The lowest BCUT2D eigenvalue weighted by atomic mass is 10.2. The number of nitrogens with one attached hydrogen (secondary N) is 3. The van der Waals surface area contributed by atoms with E-state index in [1.165, 1.54) is 21.1 Å². The molecule has 0 aliphatic rings. The number of benzene rings is 2. The molecule has 158 valence electrons. The highest BCUT2D eigenvalue weighted by Crippen LogP contribution is 2.23. The summed E-state index contributed by atoms with van der Waals surface area (Å²) in [5, 5.41) is 9.33. The molecule has 0 aliphatic heterocycles. The maximum Gasteiger partial charge on any atom is 0.271 e. The number of nitrogens with zero attached hydrogens (tertiary/aromatic N) is 1. The van der Waals surface area contributed by atoms with E-state index in [0.717, 1.165) is 0 Å². The van der Waals surface area contributed by atoms with Gasteiger partial charge in [0.25, 0.3) is 5.91 Å². The summed E-state index contributed by atoms with van der Waals surface area (Å²) in [6, 6.07) is 11.6. The first-order valence-electron chi connectivity index (χ1n) is 9.05. The summed E-state index contributed by atoms with van der Waals surface area (Å²) in [5.74, 6) is -0.115. The van der Waals surface area contributed by atoms with Crippen LogP contribution in [-0.2, 0) is 9.59 Å². The Kier molecular flexibility index (Phi) is 7.92. The maximum absolute atomic E-state index is 12.3. The molecule has 0 saturated heterocycles. The third-order valence-electron chi connectivity index (χ3n) is 3.89. The second-order valence-electron chi connectivity index (χ2n) is 6.34. The number of hydrazone groups is 1. The molecule has 30 heavy (non-hydrogen) atoms. The molecule has 0 aromatic heterocycles. The van der Waals surface area contributed by atoms with Crippen LogP contribution in [0.5, 0.6) is 11.5 Å². The topological polar surface area (TPSA) is 118 Å². The zero-order valence-electron chi connectivity index (χ0n) is 17.2. The monoisotopic (exact) mass is 412 g/mol. The first-order chi connectivity index (χ1) is 14.3. The van der Waals surface area contributed by atoms with Gasteiger partial charge >= 0.3 is 0 Å². The van der Waals surface area contributed by atoms with Crippen molar-refractivity contribution in [1.29, 1.82) is 0 Å². The van der Waals surface area contributed by atoms with Crippen LogP contribution in [0.25, 0.3) is 0 Å². The molecular weight excluding hydrogens is 388 g/mol. The molecule has 0 aliphatic carbocycles. The minimum atomic E-state index is -0.469. The van der Waals surface area contributed by atoms with Crippen molar-refractivity contribution in [2.45, 2.75) is 20.3 Å². The van der Waals surface area contributed by atoms with Gasteiger partial charge in [0.2, 0.25) is 11.8 Å². The smallest absolute Gasteiger partial charge is 0.271 e. The van der Waals surface area contributed by atoms with E-state index in [1.54, 1.807) is 49.4 Å². The van der Waals surface area contributed by atoms with Gasteiger partial charge in [0.1, 0.15) is 11.5 Å². The molecule has 0 radical (unpaired) electrons. The molecule has 0 saturated carbocycles. The lowest BCUT2D eigenvalue weighted by Gasteiger charge is -2.11. The van der Waals surface area contributed by atoms with E-state index in [0.29, 0.717) is 34.1 Å². The fraction of sp³-hybridized carbons (Fsp3) is 0.238. The molecule has 0 atom stereocenters. The summed E-state index contributed by atoms with van der Waals surface area (Å²) in [6.07, 6.45) is -0.0455. The largest absolute Gasteiger partial charge is 0.497 e. The van der Waals surface area contributed by atoms with Gasteiger partial charge in [0, 0.05) is 24.3 Å². The van der Waals surface area contributed by atoms with Gasteiger partial charge in [0.05, 0.1) is 32.0 Å². The van der Waals surface area contributed by atoms with Gasteiger partial charge in [-0.2, -0.15) is 5.10 Å². The Hall–Kier alpha value is -3.88. The van der Waals surface area contributed by atoms with Crippen molar-refractivity contribution in [2.75, 3.05) is 24.9 Å². The van der Waals surface area contributed by atoms with Crippen LogP contribution in [0.2, 0.25) is 0 Å². The van der Waals surface area contributed by atoms with Crippen LogP contribution in [0.3, 0.4) is 0 Å². The Morgan fingerprint density at radius 1 is 0.900 bits per heavy atom. The number of amides is 3. The Morgan fingerprint density at radius 2 is 1.47 bits per heavy atom. The number of hydrogen-bond donors (Lipinski definition) is 3. The molecule has 3 amide bonds. The van der Waals surface area contributed by atoms with Crippen molar-refractivity contribution < 1.29 is 23.9 Å². The summed E-state index contributed by atoms with van der Waals surface area (Å²) in [7, 11) is 2.98. The Morgan fingerprint density at radius 3 is 2.00 bits per heavy atom. The van der Waals surface area contributed by atoms with E-state index < -0.39 is 5.91 Å². The molecule has 9 heteroatoms. The molecule has 0 spiro atoms. The molecule has 0 heterocycles. The zero-order valence-corrected chi connectivity index (χ0v) is 17.2. The van der Waals surface area contributed by atoms with Crippen LogP contribution >= 0.6 is 0 Å². The Bertz CT molecular complexity index is 949. The van der Waals surface area contributed by atoms with Crippen molar-refractivity contribution >= 4 is 34.8 Å². The minimum absolute atomic E-state index is 0.0455. The number of rotatable bonds is 8. The summed E-state index contributed by atoms with van der Waals surface area (Å²) < 4.78 is 10.3. The predicted molar refractivity (Wildman–Crippen MR) is 114 cm³/mol. The first-order valence-corrected chi connectivity index (χ1v) is 9.05. The van der Waals surface area contributed by atoms with Crippen molar-refractivity contribution in [1.82, 2.24) is 5.43 Å².